The number of likely N-dealkylation sites (tertiary alicyclic amines) is 1. The Morgan fingerprint density at radius 1 is 1.15 bits per heavy atom. The van der Waals surface area contributed by atoms with Crippen molar-refractivity contribution in [1.29, 1.82) is 0 Å². The van der Waals surface area contributed by atoms with Gasteiger partial charge in [0.1, 0.15) is 5.78 Å². The molecular weight excluding hydrogens is 332 g/mol. The number of carbonyl (C=O) groups is 1. The number of piperidine rings is 1. The van der Waals surface area contributed by atoms with Crippen molar-refractivity contribution in [3.63, 3.8) is 0 Å². The van der Waals surface area contributed by atoms with Gasteiger partial charge in [-0.25, -0.2) is 0 Å². The van der Waals surface area contributed by atoms with Gasteiger partial charge in [0.2, 0.25) is 0 Å². The summed E-state index contributed by atoms with van der Waals surface area (Å²) >= 11 is 0. The standard InChI is InChI=1S/C24H30N2O/c1-18-8-5-6-11-24(18)25(4)20(3)22-9-7-10-23(16-22)21-12-14-26(15-13-21)17-19(2)27/h5-11,16,21H,3,12-15,17H2,1-2,4H3. The van der Waals surface area contributed by atoms with Crippen LogP contribution in [0, 0.1) is 6.92 Å². The van der Waals surface area contributed by atoms with Crippen molar-refractivity contribution >= 4 is 17.2 Å². The summed E-state index contributed by atoms with van der Waals surface area (Å²) in [4.78, 5) is 15.8. The van der Waals surface area contributed by atoms with Gasteiger partial charge < -0.3 is 4.90 Å². The highest BCUT2D eigenvalue weighted by Crippen LogP contribution is 2.31. The molecule has 1 heterocycles. The third kappa shape index (κ3) is 4.67. The number of ketones is 1. The van der Waals surface area contributed by atoms with E-state index in [9.17, 15) is 4.79 Å². The molecular formula is C24H30N2O. The molecule has 1 aliphatic heterocycles. The van der Waals surface area contributed by atoms with E-state index >= 15 is 0 Å². The van der Waals surface area contributed by atoms with Gasteiger partial charge in [0, 0.05) is 18.4 Å². The fraction of sp³-hybridized carbons (Fsp3) is 0.375. The number of aryl methyl sites for hydroxylation is 1. The van der Waals surface area contributed by atoms with E-state index in [4.69, 9.17) is 0 Å². The smallest absolute Gasteiger partial charge is 0.143 e. The van der Waals surface area contributed by atoms with Gasteiger partial charge in [0.25, 0.3) is 0 Å². The molecule has 0 aliphatic carbocycles. The molecule has 27 heavy (non-hydrogen) atoms. The van der Waals surface area contributed by atoms with Crippen LogP contribution in [-0.2, 0) is 4.79 Å². The number of carbonyl (C=O) groups excluding carboxylic acids is 1. The predicted octanol–water partition coefficient (Wildman–Crippen LogP) is 4.87. The number of benzene rings is 2. The normalized spacial score (nSPS) is 15.5. The number of hydrogen-bond donors (Lipinski definition) is 0. The first-order chi connectivity index (χ1) is 13.0. The minimum atomic E-state index is 0.256. The molecule has 0 amide bonds. The lowest BCUT2D eigenvalue weighted by Crippen LogP contribution is -2.36. The molecule has 0 unspecified atom stereocenters. The molecule has 0 N–H and O–H groups in total. The summed E-state index contributed by atoms with van der Waals surface area (Å²) in [6, 6.07) is 17.2. The van der Waals surface area contributed by atoms with Crippen LogP contribution in [0.25, 0.3) is 5.70 Å². The molecule has 3 heteroatoms. The maximum absolute atomic E-state index is 11.3. The Balaban J connectivity index is 1.71. The van der Waals surface area contributed by atoms with Crippen LogP contribution in [0.4, 0.5) is 5.69 Å². The number of Topliss-reactive ketones (excluding diaryl/α,β-unsaturated/α-hetero) is 1. The molecule has 2 aromatic carbocycles. The fourth-order valence-corrected chi connectivity index (χ4v) is 3.99. The van der Waals surface area contributed by atoms with E-state index < -0.39 is 0 Å². The zero-order valence-electron chi connectivity index (χ0n) is 16.7. The number of nitrogens with zero attached hydrogens (tertiary/aromatic N) is 2. The third-order valence-electron chi connectivity index (χ3n) is 5.61. The highest BCUT2D eigenvalue weighted by Gasteiger charge is 2.21. The highest BCUT2D eigenvalue weighted by atomic mass is 16.1. The van der Waals surface area contributed by atoms with Gasteiger partial charge in [0.05, 0.1) is 6.54 Å². The van der Waals surface area contributed by atoms with Gasteiger partial charge in [-0.15, -0.1) is 0 Å². The maximum atomic E-state index is 11.3. The zero-order chi connectivity index (χ0) is 19.4. The molecule has 1 fully saturated rings. The molecule has 3 rings (SSSR count). The van der Waals surface area contributed by atoms with E-state index in [0.29, 0.717) is 12.5 Å². The number of rotatable bonds is 6. The van der Waals surface area contributed by atoms with Gasteiger partial charge in [-0.05, 0) is 74.5 Å². The quantitative estimate of drug-likeness (QED) is 0.732. The van der Waals surface area contributed by atoms with Crippen LogP contribution in [0.15, 0.2) is 55.1 Å². The average Bonchev–Trinajstić information content (AvgIpc) is 2.67. The zero-order valence-corrected chi connectivity index (χ0v) is 16.7. The summed E-state index contributed by atoms with van der Waals surface area (Å²) in [6.07, 6.45) is 2.22. The lowest BCUT2D eigenvalue weighted by molar-refractivity contribution is -0.118. The Bertz CT molecular complexity index is 819. The molecule has 3 nitrogen and oxygen atoms in total. The van der Waals surface area contributed by atoms with Crippen molar-refractivity contribution in [2.45, 2.75) is 32.6 Å². The van der Waals surface area contributed by atoms with Crippen LogP contribution < -0.4 is 4.90 Å². The number of para-hydroxylation sites is 1. The number of anilines is 1. The first kappa shape index (κ1) is 19.4. The molecule has 0 spiro atoms. The summed E-state index contributed by atoms with van der Waals surface area (Å²) in [7, 11) is 2.08. The lowest BCUT2D eigenvalue weighted by Gasteiger charge is -2.32. The van der Waals surface area contributed by atoms with E-state index in [0.717, 1.165) is 31.6 Å². The Morgan fingerprint density at radius 2 is 1.85 bits per heavy atom. The Morgan fingerprint density at radius 3 is 2.52 bits per heavy atom. The molecule has 1 saturated heterocycles. The van der Waals surface area contributed by atoms with Crippen molar-refractivity contribution < 1.29 is 4.79 Å². The van der Waals surface area contributed by atoms with E-state index in [1.54, 1.807) is 6.92 Å². The monoisotopic (exact) mass is 362 g/mol. The summed E-state index contributed by atoms with van der Waals surface area (Å²) in [5, 5.41) is 0. The molecule has 1 aliphatic rings. The van der Waals surface area contributed by atoms with Crippen LogP contribution in [-0.4, -0.2) is 37.4 Å². The molecule has 0 saturated carbocycles. The van der Waals surface area contributed by atoms with Crippen LogP contribution in [0.3, 0.4) is 0 Å². The van der Waals surface area contributed by atoms with Gasteiger partial charge in [-0.3, -0.25) is 9.69 Å². The van der Waals surface area contributed by atoms with Crippen molar-refractivity contribution in [2.24, 2.45) is 0 Å². The van der Waals surface area contributed by atoms with Crippen molar-refractivity contribution in [2.75, 3.05) is 31.6 Å². The fourth-order valence-electron chi connectivity index (χ4n) is 3.99. The minimum Gasteiger partial charge on any atom is -0.344 e. The Hall–Kier alpha value is -2.39. The van der Waals surface area contributed by atoms with Crippen LogP contribution in [0.1, 0.15) is 42.4 Å². The van der Waals surface area contributed by atoms with Crippen LogP contribution in [0.5, 0.6) is 0 Å². The maximum Gasteiger partial charge on any atom is 0.143 e. The number of hydrogen-bond acceptors (Lipinski definition) is 3. The molecule has 0 atom stereocenters. The second-order valence-corrected chi connectivity index (χ2v) is 7.67. The SMILES string of the molecule is C=C(c1cccc(C2CCN(CC(C)=O)CC2)c1)N(C)c1ccccc1C. The summed E-state index contributed by atoms with van der Waals surface area (Å²) < 4.78 is 0. The van der Waals surface area contributed by atoms with Gasteiger partial charge in [-0.2, -0.15) is 0 Å². The summed E-state index contributed by atoms with van der Waals surface area (Å²) in [5.41, 5.74) is 6.00. The predicted molar refractivity (Wildman–Crippen MR) is 114 cm³/mol. The van der Waals surface area contributed by atoms with Gasteiger partial charge in [-0.1, -0.05) is 43.0 Å². The van der Waals surface area contributed by atoms with Crippen LogP contribution >= 0.6 is 0 Å². The second kappa shape index (κ2) is 8.53. The van der Waals surface area contributed by atoms with E-state index in [-0.39, 0.29) is 5.78 Å². The molecule has 0 bridgehead atoms. The van der Waals surface area contributed by atoms with Crippen LogP contribution in [0.2, 0.25) is 0 Å². The first-order valence-corrected chi connectivity index (χ1v) is 9.76. The minimum absolute atomic E-state index is 0.256. The Labute approximate surface area is 163 Å². The molecule has 0 radical (unpaired) electrons. The largest absolute Gasteiger partial charge is 0.344 e. The van der Waals surface area contributed by atoms with Crippen molar-refractivity contribution in [3.8, 4) is 0 Å². The first-order valence-electron chi connectivity index (χ1n) is 9.76. The Kier molecular flexibility index (Phi) is 6.12. The van der Waals surface area contributed by atoms with Gasteiger partial charge in [0.15, 0.2) is 0 Å². The van der Waals surface area contributed by atoms with E-state index in [1.165, 1.54) is 22.4 Å². The van der Waals surface area contributed by atoms with Crippen molar-refractivity contribution in [1.82, 2.24) is 4.90 Å². The molecule has 142 valence electrons. The molecule has 0 aromatic heterocycles. The highest BCUT2D eigenvalue weighted by molar-refractivity contribution is 5.79. The second-order valence-electron chi connectivity index (χ2n) is 7.67. The summed E-state index contributed by atoms with van der Waals surface area (Å²) in [5.74, 6) is 0.815. The topological polar surface area (TPSA) is 23.6 Å². The summed E-state index contributed by atoms with van der Waals surface area (Å²) in [6.45, 7) is 10.7. The van der Waals surface area contributed by atoms with Gasteiger partial charge >= 0.3 is 0 Å². The average molecular weight is 363 g/mol. The molecule has 2 aromatic rings. The van der Waals surface area contributed by atoms with E-state index in [1.807, 2.05) is 0 Å². The third-order valence-corrected chi connectivity index (χ3v) is 5.61. The van der Waals surface area contributed by atoms with E-state index in [2.05, 4.69) is 78.9 Å². The van der Waals surface area contributed by atoms with Crippen molar-refractivity contribution in [3.05, 3.63) is 71.8 Å². The lowest BCUT2D eigenvalue weighted by atomic mass is 9.88.